The number of hydrogen-bond donors (Lipinski definition) is 0. The van der Waals surface area contributed by atoms with Crippen LogP contribution in [0, 0.1) is 28.6 Å². The molecule has 0 saturated heterocycles. The van der Waals surface area contributed by atoms with Gasteiger partial charge in [-0.05, 0) is 24.2 Å². The zero-order valence-electron chi connectivity index (χ0n) is 7.72. The minimum atomic E-state index is 0.329. The fraction of sp³-hybridized carbons (Fsp3) is 0.900. The lowest BCUT2D eigenvalue weighted by molar-refractivity contribution is 0.214. The average Bonchev–Trinajstić information content (AvgIpc) is 2.31. The maximum atomic E-state index is 8.85. The molecule has 0 aliphatic heterocycles. The lowest BCUT2D eigenvalue weighted by Crippen LogP contribution is -2.22. The highest BCUT2D eigenvalue weighted by atomic mass is 14.4. The van der Waals surface area contributed by atoms with Crippen LogP contribution in [0.4, 0.5) is 0 Å². The van der Waals surface area contributed by atoms with E-state index in [1.807, 2.05) is 0 Å². The van der Waals surface area contributed by atoms with Gasteiger partial charge >= 0.3 is 0 Å². The highest BCUT2D eigenvalue weighted by Crippen LogP contribution is 2.42. The zero-order valence-corrected chi connectivity index (χ0v) is 7.72. The van der Waals surface area contributed by atoms with Gasteiger partial charge in [0.15, 0.2) is 0 Å². The van der Waals surface area contributed by atoms with Crippen LogP contribution in [-0.4, -0.2) is 0 Å². The minimum absolute atomic E-state index is 0.329. The molecule has 1 nitrogen and oxygen atoms in total. The predicted octanol–water partition coefficient (Wildman–Crippen LogP) is 2.97. The monoisotopic (exact) mass is 151 g/mol. The van der Waals surface area contributed by atoms with Crippen LogP contribution >= 0.6 is 0 Å². The molecule has 0 heterocycles. The van der Waals surface area contributed by atoms with E-state index in [4.69, 9.17) is 5.26 Å². The second-order valence-corrected chi connectivity index (χ2v) is 4.64. The van der Waals surface area contributed by atoms with Crippen LogP contribution in [0.2, 0.25) is 0 Å². The van der Waals surface area contributed by atoms with Crippen molar-refractivity contribution in [3.8, 4) is 6.07 Å². The standard InChI is InChI=1S/C10H17N/c1-10(2,3)9-6-4-5-8(9)7-11/h8-9H,4-6H2,1-3H3/t8-,9-/m0/s1. The van der Waals surface area contributed by atoms with Gasteiger partial charge in [0.05, 0.1) is 6.07 Å². The third-order valence-corrected chi connectivity index (χ3v) is 2.79. The van der Waals surface area contributed by atoms with Gasteiger partial charge in [-0.25, -0.2) is 0 Å². The van der Waals surface area contributed by atoms with Gasteiger partial charge in [-0.3, -0.25) is 0 Å². The summed E-state index contributed by atoms with van der Waals surface area (Å²) in [5.41, 5.74) is 0.330. The topological polar surface area (TPSA) is 23.8 Å². The van der Waals surface area contributed by atoms with Gasteiger partial charge in [0.25, 0.3) is 0 Å². The van der Waals surface area contributed by atoms with Gasteiger partial charge in [0, 0.05) is 5.92 Å². The SMILES string of the molecule is CC(C)(C)[C@H]1CCC[C@H]1C#N. The molecule has 2 atom stereocenters. The Labute approximate surface area is 69.4 Å². The molecule has 11 heavy (non-hydrogen) atoms. The fourth-order valence-corrected chi connectivity index (χ4v) is 2.15. The van der Waals surface area contributed by atoms with E-state index in [0.29, 0.717) is 17.3 Å². The largest absolute Gasteiger partial charge is 0.198 e. The van der Waals surface area contributed by atoms with Crippen molar-refractivity contribution >= 4 is 0 Å². The van der Waals surface area contributed by atoms with E-state index >= 15 is 0 Å². The van der Waals surface area contributed by atoms with Gasteiger partial charge in [0.1, 0.15) is 0 Å². The molecule has 1 saturated carbocycles. The third kappa shape index (κ3) is 1.74. The highest BCUT2D eigenvalue weighted by molar-refractivity contribution is 4.96. The summed E-state index contributed by atoms with van der Waals surface area (Å²) in [6, 6.07) is 2.42. The molecule has 1 fully saturated rings. The van der Waals surface area contributed by atoms with E-state index in [1.165, 1.54) is 12.8 Å². The van der Waals surface area contributed by atoms with E-state index in [-0.39, 0.29) is 0 Å². The van der Waals surface area contributed by atoms with Crippen molar-refractivity contribution in [2.45, 2.75) is 40.0 Å². The second kappa shape index (κ2) is 2.85. The number of rotatable bonds is 0. The summed E-state index contributed by atoms with van der Waals surface area (Å²) in [4.78, 5) is 0. The summed E-state index contributed by atoms with van der Waals surface area (Å²) < 4.78 is 0. The molecule has 0 aromatic rings. The Hall–Kier alpha value is -0.510. The normalized spacial score (nSPS) is 31.8. The Kier molecular flexibility index (Phi) is 2.23. The Morgan fingerprint density at radius 3 is 2.27 bits per heavy atom. The van der Waals surface area contributed by atoms with Crippen LogP contribution in [0.3, 0.4) is 0 Å². The predicted molar refractivity (Wildman–Crippen MR) is 45.9 cm³/mol. The van der Waals surface area contributed by atoms with Crippen LogP contribution in [0.25, 0.3) is 0 Å². The van der Waals surface area contributed by atoms with Gasteiger partial charge in [-0.2, -0.15) is 5.26 Å². The molecule has 1 rings (SSSR count). The summed E-state index contributed by atoms with van der Waals surface area (Å²) >= 11 is 0. The van der Waals surface area contributed by atoms with Crippen molar-refractivity contribution in [3.05, 3.63) is 0 Å². The molecule has 0 spiro atoms. The first kappa shape index (κ1) is 8.59. The van der Waals surface area contributed by atoms with Crippen LogP contribution < -0.4 is 0 Å². The lowest BCUT2D eigenvalue weighted by atomic mass is 9.75. The maximum absolute atomic E-state index is 8.85. The van der Waals surface area contributed by atoms with E-state index in [9.17, 15) is 0 Å². The second-order valence-electron chi connectivity index (χ2n) is 4.64. The summed E-state index contributed by atoms with van der Waals surface area (Å²) in [6.07, 6.45) is 3.63. The molecule has 0 N–H and O–H groups in total. The molecule has 0 radical (unpaired) electrons. The molecular weight excluding hydrogens is 134 g/mol. The van der Waals surface area contributed by atoms with Crippen LogP contribution in [0.1, 0.15) is 40.0 Å². The number of hydrogen-bond acceptors (Lipinski definition) is 1. The Morgan fingerprint density at radius 1 is 1.27 bits per heavy atom. The summed E-state index contributed by atoms with van der Waals surface area (Å²) in [6.45, 7) is 6.73. The molecule has 62 valence electrons. The van der Waals surface area contributed by atoms with Gasteiger partial charge < -0.3 is 0 Å². The number of nitriles is 1. The summed E-state index contributed by atoms with van der Waals surface area (Å²) in [5, 5.41) is 8.85. The molecule has 0 aromatic carbocycles. The highest BCUT2D eigenvalue weighted by Gasteiger charge is 2.35. The molecular formula is C10H17N. The Balaban J connectivity index is 2.66. The molecule has 0 amide bonds. The van der Waals surface area contributed by atoms with Crippen molar-refractivity contribution in [1.82, 2.24) is 0 Å². The van der Waals surface area contributed by atoms with Crippen molar-refractivity contribution < 1.29 is 0 Å². The quantitative estimate of drug-likeness (QED) is 0.522. The Morgan fingerprint density at radius 2 is 1.91 bits per heavy atom. The maximum Gasteiger partial charge on any atom is 0.0658 e. The molecule has 0 bridgehead atoms. The molecule has 0 aromatic heterocycles. The van der Waals surface area contributed by atoms with Crippen molar-refractivity contribution in [1.29, 1.82) is 5.26 Å². The summed E-state index contributed by atoms with van der Waals surface area (Å²) in [7, 11) is 0. The number of nitrogens with zero attached hydrogens (tertiary/aromatic N) is 1. The fourth-order valence-electron chi connectivity index (χ4n) is 2.15. The van der Waals surface area contributed by atoms with Crippen LogP contribution in [-0.2, 0) is 0 Å². The van der Waals surface area contributed by atoms with Crippen molar-refractivity contribution in [3.63, 3.8) is 0 Å². The van der Waals surface area contributed by atoms with Gasteiger partial charge in [-0.1, -0.05) is 27.2 Å². The first-order chi connectivity index (χ1) is 5.05. The molecule has 1 aliphatic carbocycles. The van der Waals surface area contributed by atoms with E-state index in [0.717, 1.165) is 6.42 Å². The third-order valence-electron chi connectivity index (χ3n) is 2.79. The molecule has 0 unspecified atom stereocenters. The average molecular weight is 151 g/mol. The first-order valence-electron chi connectivity index (χ1n) is 4.45. The van der Waals surface area contributed by atoms with Crippen molar-refractivity contribution in [2.75, 3.05) is 0 Å². The van der Waals surface area contributed by atoms with E-state index in [2.05, 4.69) is 26.8 Å². The van der Waals surface area contributed by atoms with Crippen molar-refractivity contribution in [2.24, 2.45) is 17.3 Å². The van der Waals surface area contributed by atoms with Crippen LogP contribution in [0.5, 0.6) is 0 Å². The zero-order chi connectivity index (χ0) is 8.48. The van der Waals surface area contributed by atoms with Gasteiger partial charge in [-0.15, -0.1) is 0 Å². The first-order valence-corrected chi connectivity index (χ1v) is 4.45. The van der Waals surface area contributed by atoms with E-state index in [1.54, 1.807) is 0 Å². The van der Waals surface area contributed by atoms with Gasteiger partial charge in [0.2, 0.25) is 0 Å². The smallest absolute Gasteiger partial charge is 0.0658 e. The minimum Gasteiger partial charge on any atom is -0.198 e. The summed E-state index contributed by atoms with van der Waals surface area (Å²) in [5.74, 6) is 0.961. The van der Waals surface area contributed by atoms with E-state index < -0.39 is 0 Å². The molecule has 1 heteroatoms. The molecule has 1 aliphatic rings. The Bertz CT molecular complexity index is 170. The van der Waals surface area contributed by atoms with Crippen LogP contribution in [0.15, 0.2) is 0 Å². The lowest BCUT2D eigenvalue weighted by Gasteiger charge is -2.28.